The van der Waals surface area contributed by atoms with Gasteiger partial charge in [0.2, 0.25) is 5.91 Å². The smallest absolute Gasteiger partial charge is 0.239 e. The number of nitrogens with zero attached hydrogens (tertiary/aromatic N) is 3. The van der Waals surface area contributed by atoms with Crippen molar-refractivity contribution in [2.24, 2.45) is 7.05 Å². The molecule has 0 aliphatic carbocycles. The third kappa shape index (κ3) is 3.57. The molecule has 0 aliphatic heterocycles. The summed E-state index contributed by atoms with van der Waals surface area (Å²) in [6, 6.07) is -0.0617. The van der Waals surface area contributed by atoms with Gasteiger partial charge in [0.1, 0.15) is 0 Å². The average Bonchev–Trinajstić information content (AvgIpc) is 2.77. The number of carbonyl (C=O) groups is 1. The molecule has 1 rings (SSSR count). The second-order valence-corrected chi connectivity index (χ2v) is 4.57. The van der Waals surface area contributed by atoms with Gasteiger partial charge in [0.05, 0.1) is 12.2 Å². The zero-order chi connectivity index (χ0) is 13.7. The molecule has 0 spiro atoms. The van der Waals surface area contributed by atoms with E-state index in [1.807, 2.05) is 52.0 Å². The van der Waals surface area contributed by atoms with E-state index >= 15 is 0 Å². The summed E-state index contributed by atoms with van der Waals surface area (Å²) in [5.74, 6) is 0.149. The molecule has 0 radical (unpaired) electrons. The van der Waals surface area contributed by atoms with Crippen molar-refractivity contribution in [1.29, 1.82) is 0 Å². The molecule has 0 bridgehead atoms. The van der Waals surface area contributed by atoms with Crippen LogP contribution in [0.4, 0.5) is 0 Å². The maximum atomic E-state index is 12.1. The van der Waals surface area contributed by atoms with Crippen molar-refractivity contribution < 1.29 is 4.79 Å². The van der Waals surface area contributed by atoms with Gasteiger partial charge in [-0.2, -0.15) is 5.10 Å². The Kier molecular flexibility index (Phi) is 5.34. The van der Waals surface area contributed by atoms with Crippen LogP contribution in [0, 0.1) is 0 Å². The zero-order valence-electron chi connectivity index (χ0n) is 12.0. The van der Waals surface area contributed by atoms with Crippen LogP contribution in [-0.4, -0.2) is 39.7 Å². The van der Waals surface area contributed by atoms with Gasteiger partial charge in [0.25, 0.3) is 0 Å². The van der Waals surface area contributed by atoms with Crippen molar-refractivity contribution in [3.05, 3.63) is 18.0 Å². The lowest BCUT2D eigenvalue weighted by Gasteiger charge is -2.25. The molecule has 2 unspecified atom stereocenters. The summed E-state index contributed by atoms with van der Waals surface area (Å²) < 4.78 is 1.77. The minimum Gasteiger partial charge on any atom is -0.342 e. The van der Waals surface area contributed by atoms with Crippen molar-refractivity contribution in [2.75, 3.05) is 13.1 Å². The molecule has 0 aromatic carbocycles. The third-order valence-corrected chi connectivity index (χ3v) is 3.17. The maximum Gasteiger partial charge on any atom is 0.239 e. The molecule has 2 atom stereocenters. The first kappa shape index (κ1) is 14.7. The highest BCUT2D eigenvalue weighted by Gasteiger charge is 2.20. The van der Waals surface area contributed by atoms with E-state index in [1.54, 1.807) is 4.68 Å². The van der Waals surface area contributed by atoms with E-state index in [4.69, 9.17) is 0 Å². The number of hydrogen-bond donors (Lipinski definition) is 1. The maximum absolute atomic E-state index is 12.1. The monoisotopic (exact) mass is 252 g/mol. The van der Waals surface area contributed by atoms with Crippen LogP contribution in [0.5, 0.6) is 0 Å². The number of carbonyl (C=O) groups excluding carboxylic acids is 1. The predicted molar refractivity (Wildman–Crippen MR) is 72.1 cm³/mol. The van der Waals surface area contributed by atoms with Crippen LogP contribution in [0.1, 0.15) is 39.3 Å². The summed E-state index contributed by atoms with van der Waals surface area (Å²) in [4.78, 5) is 14.0. The van der Waals surface area contributed by atoms with E-state index < -0.39 is 0 Å². The highest BCUT2D eigenvalue weighted by Crippen LogP contribution is 2.11. The fourth-order valence-electron chi connectivity index (χ4n) is 2.02. The van der Waals surface area contributed by atoms with E-state index in [1.165, 1.54) is 0 Å². The summed E-state index contributed by atoms with van der Waals surface area (Å²) in [5.41, 5.74) is 1.09. The molecule has 1 aromatic rings. The Bertz CT molecular complexity index is 384. The van der Waals surface area contributed by atoms with Crippen LogP contribution in [0.15, 0.2) is 12.4 Å². The molecule has 5 heteroatoms. The van der Waals surface area contributed by atoms with Crippen LogP contribution in [0.3, 0.4) is 0 Å². The molecular weight excluding hydrogens is 228 g/mol. The Balaban J connectivity index is 2.58. The van der Waals surface area contributed by atoms with E-state index in [9.17, 15) is 4.79 Å². The second-order valence-electron chi connectivity index (χ2n) is 4.57. The topological polar surface area (TPSA) is 50.2 Å². The van der Waals surface area contributed by atoms with E-state index in [0.717, 1.165) is 18.7 Å². The first-order valence-corrected chi connectivity index (χ1v) is 6.52. The third-order valence-electron chi connectivity index (χ3n) is 3.17. The highest BCUT2D eigenvalue weighted by atomic mass is 16.2. The van der Waals surface area contributed by atoms with E-state index in [0.29, 0.717) is 0 Å². The number of amides is 1. The first-order valence-electron chi connectivity index (χ1n) is 6.52. The van der Waals surface area contributed by atoms with Crippen LogP contribution in [0.25, 0.3) is 0 Å². The van der Waals surface area contributed by atoms with Gasteiger partial charge in [-0.3, -0.25) is 14.8 Å². The molecule has 18 heavy (non-hydrogen) atoms. The Morgan fingerprint density at radius 3 is 2.50 bits per heavy atom. The molecule has 0 saturated carbocycles. The quantitative estimate of drug-likeness (QED) is 0.831. The summed E-state index contributed by atoms with van der Waals surface area (Å²) >= 11 is 0. The van der Waals surface area contributed by atoms with Gasteiger partial charge in [-0.15, -0.1) is 0 Å². The van der Waals surface area contributed by atoms with Crippen LogP contribution in [-0.2, 0) is 11.8 Å². The molecular formula is C13H24N4O. The van der Waals surface area contributed by atoms with Crippen molar-refractivity contribution >= 4 is 5.91 Å². The molecule has 5 nitrogen and oxygen atoms in total. The van der Waals surface area contributed by atoms with Gasteiger partial charge in [0.15, 0.2) is 0 Å². The number of rotatable bonds is 6. The van der Waals surface area contributed by atoms with Crippen LogP contribution in [0.2, 0.25) is 0 Å². The van der Waals surface area contributed by atoms with E-state index in [2.05, 4.69) is 10.4 Å². The lowest BCUT2D eigenvalue weighted by atomic mass is 10.1. The number of likely N-dealkylation sites (N-methyl/N-ethyl adjacent to an activating group) is 1. The number of hydrogen-bond acceptors (Lipinski definition) is 3. The minimum atomic E-state index is -0.180. The molecule has 1 aromatic heterocycles. The number of aryl methyl sites for hydroxylation is 1. The molecule has 0 aliphatic rings. The second kappa shape index (κ2) is 6.54. The molecule has 0 saturated heterocycles. The number of nitrogens with one attached hydrogen (secondary N) is 1. The fraction of sp³-hybridized carbons (Fsp3) is 0.692. The Hall–Kier alpha value is -1.36. The standard InChI is InChI=1S/C13H24N4O/c1-6-17(7-2)13(18)11(4)15-10(3)12-8-14-16(5)9-12/h8-11,15H,6-7H2,1-5H3. The summed E-state index contributed by atoms with van der Waals surface area (Å²) in [7, 11) is 1.89. The first-order chi connectivity index (χ1) is 8.49. The van der Waals surface area contributed by atoms with Gasteiger partial charge < -0.3 is 4.90 Å². The minimum absolute atomic E-state index is 0.119. The van der Waals surface area contributed by atoms with Gasteiger partial charge in [-0.1, -0.05) is 0 Å². The highest BCUT2D eigenvalue weighted by molar-refractivity contribution is 5.81. The normalized spacial score (nSPS) is 14.3. The molecule has 102 valence electrons. The van der Waals surface area contributed by atoms with Gasteiger partial charge >= 0.3 is 0 Å². The molecule has 1 heterocycles. The van der Waals surface area contributed by atoms with Crippen molar-refractivity contribution in [1.82, 2.24) is 20.0 Å². The lowest BCUT2D eigenvalue weighted by Crippen LogP contribution is -2.45. The Morgan fingerprint density at radius 1 is 1.44 bits per heavy atom. The largest absolute Gasteiger partial charge is 0.342 e. The van der Waals surface area contributed by atoms with Crippen molar-refractivity contribution in [2.45, 2.75) is 39.8 Å². The summed E-state index contributed by atoms with van der Waals surface area (Å²) in [6.45, 7) is 9.46. The lowest BCUT2D eigenvalue weighted by molar-refractivity contribution is -0.132. The van der Waals surface area contributed by atoms with Gasteiger partial charge in [-0.25, -0.2) is 0 Å². The number of aromatic nitrogens is 2. The fourth-order valence-corrected chi connectivity index (χ4v) is 2.02. The Morgan fingerprint density at radius 2 is 2.06 bits per heavy atom. The summed E-state index contributed by atoms with van der Waals surface area (Å²) in [6.07, 6.45) is 3.79. The van der Waals surface area contributed by atoms with Gasteiger partial charge in [0, 0.05) is 37.9 Å². The van der Waals surface area contributed by atoms with Crippen molar-refractivity contribution in [3.8, 4) is 0 Å². The van der Waals surface area contributed by atoms with Gasteiger partial charge in [-0.05, 0) is 27.7 Å². The van der Waals surface area contributed by atoms with Crippen LogP contribution < -0.4 is 5.32 Å². The summed E-state index contributed by atoms with van der Waals surface area (Å²) in [5, 5.41) is 7.45. The molecule has 0 fully saturated rings. The molecule has 1 amide bonds. The zero-order valence-corrected chi connectivity index (χ0v) is 12.0. The average molecular weight is 252 g/mol. The van der Waals surface area contributed by atoms with Crippen LogP contribution >= 0.6 is 0 Å². The Labute approximate surface area is 109 Å². The predicted octanol–water partition coefficient (Wildman–Crippen LogP) is 1.33. The molecule has 1 N–H and O–H groups in total. The van der Waals surface area contributed by atoms with E-state index in [-0.39, 0.29) is 18.0 Å². The van der Waals surface area contributed by atoms with Crippen molar-refractivity contribution in [3.63, 3.8) is 0 Å². The SMILES string of the molecule is CCN(CC)C(=O)C(C)NC(C)c1cnn(C)c1.